The summed E-state index contributed by atoms with van der Waals surface area (Å²) in [5.74, 6) is -0.717. The zero-order chi connectivity index (χ0) is 21.3. The minimum Gasteiger partial charge on any atom is -0.325 e. The van der Waals surface area contributed by atoms with E-state index in [4.69, 9.17) is 0 Å². The Hall–Kier alpha value is -2.97. The Morgan fingerprint density at radius 2 is 1.93 bits per heavy atom. The average Bonchev–Trinajstić information content (AvgIpc) is 3.16. The first-order chi connectivity index (χ1) is 14.4. The first-order valence-corrected chi connectivity index (χ1v) is 10.9. The van der Waals surface area contributed by atoms with Crippen LogP contribution in [0.4, 0.5) is 10.1 Å². The van der Waals surface area contributed by atoms with Crippen LogP contribution in [0.25, 0.3) is 20.7 Å². The maximum Gasteiger partial charge on any atom is 0.262 e. The van der Waals surface area contributed by atoms with Gasteiger partial charge in [-0.1, -0.05) is 48.2 Å². The number of thioether (sulfide) groups is 1. The van der Waals surface area contributed by atoms with E-state index in [0.29, 0.717) is 21.1 Å². The second-order valence-electron chi connectivity index (χ2n) is 6.71. The molecule has 1 N–H and O–H groups in total. The molecule has 1 atom stereocenters. The number of fused-ring (bicyclic) bond motifs is 1. The Morgan fingerprint density at radius 1 is 1.17 bits per heavy atom. The van der Waals surface area contributed by atoms with Crippen molar-refractivity contribution in [2.75, 3.05) is 5.32 Å². The summed E-state index contributed by atoms with van der Waals surface area (Å²) in [5.41, 5.74) is 1.26. The largest absolute Gasteiger partial charge is 0.325 e. The number of nitrogens with zero attached hydrogens (tertiary/aromatic N) is 2. The van der Waals surface area contributed by atoms with Crippen molar-refractivity contribution in [1.29, 1.82) is 0 Å². The molecule has 0 aliphatic rings. The molecule has 30 heavy (non-hydrogen) atoms. The Kier molecular flexibility index (Phi) is 5.69. The number of carbonyl (C=O) groups excluding carboxylic acids is 1. The third-order valence-electron chi connectivity index (χ3n) is 4.53. The van der Waals surface area contributed by atoms with Crippen molar-refractivity contribution in [1.82, 2.24) is 9.55 Å². The highest BCUT2D eigenvalue weighted by Crippen LogP contribution is 2.32. The molecule has 4 aromatic rings. The summed E-state index contributed by atoms with van der Waals surface area (Å²) >= 11 is 2.64. The molecule has 2 aromatic carbocycles. The fourth-order valence-corrected chi connectivity index (χ4v) is 4.87. The van der Waals surface area contributed by atoms with Gasteiger partial charge >= 0.3 is 0 Å². The van der Waals surface area contributed by atoms with Gasteiger partial charge in [0.1, 0.15) is 10.6 Å². The molecule has 0 saturated heterocycles. The van der Waals surface area contributed by atoms with Crippen molar-refractivity contribution in [3.05, 3.63) is 76.8 Å². The molecule has 5 nitrogen and oxygen atoms in total. The zero-order valence-electron chi connectivity index (χ0n) is 16.3. The van der Waals surface area contributed by atoms with Gasteiger partial charge in [-0.25, -0.2) is 9.37 Å². The van der Waals surface area contributed by atoms with Gasteiger partial charge in [0.15, 0.2) is 5.16 Å². The number of hydrogen-bond acceptors (Lipinski definition) is 5. The quantitative estimate of drug-likeness (QED) is 0.354. The lowest BCUT2D eigenvalue weighted by Crippen LogP contribution is -2.25. The minimum absolute atomic E-state index is 0.154. The van der Waals surface area contributed by atoms with Crippen molar-refractivity contribution in [3.63, 3.8) is 0 Å². The van der Waals surface area contributed by atoms with Crippen LogP contribution in [-0.2, 0) is 11.8 Å². The number of halogens is 1. The van der Waals surface area contributed by atoms with Crippen molar-refractivity contribution < 1.29 is 9.18 Å². The van der Waals surface area contributed by atoms with Crippen molar-refractivity contribution in [2.45, 2.75) is 17.3 Å². The number of nitrogens with one attached hydrogen (secondary N) is 1. The van der Waals surface area contributed by atoms with Gasteiger partial charge in [-0.15, -0.1) is 11.3 Å². The molecular weight excluding hydrogens is 421 g/mol. The van der Waals surface area contributed by atoms with Crippen LogP contribution in [-0.4, -0.2) is 20.7 Å². The van der Waals surface area contributed by atoms with Crippen LogP contribution < -0.4 is 10.9 Å². The van der Waals surface area contributed by atoms with E-state index in [9.17, 15) is 14.0 Å². The van der Waals surface area contributed by atoms with E-state index in [1.54, 1.807) is 20.0 Å². The van der Waals surface area contributed by atoms with E-state index < -0.39 is 11.1 Å². The molecule has 8 heteroatoms. The molecule has 4 rings (SSSR count). The van der Waals surface area contributed by atoms with Crippen LogP contribution in [0.1, 0.15) is 6.92 Å². The number of amides is 1. The van der Waals surface area contributed by atoms with Gasteiger partial charge in [-0.3, -0.25) is 14.2 Å². The standard InChI is InChI=1S/C22H18FN3O2S2/c1-13(19(27)24-16-10-6-9-15(23)11-16)29-22-25-20-17(21(28)26(22)2)12-18(30-20)14-7-4-3-5-8-14/h3-13H,1-2H3,(H,24,27). The maximum atomic E-state index is 13.3. The third kappa shape index (κ3) is 4.15. The van der Waals surface area contributed by atoms with Crippen molar-refractivity contribution in [2.24, 2.45) is 7.05 Å². The van der Waals surface area contributed by atoms with Crippen LogP contribution >= 0.6 is 23.1 Å². The second kappa shape index (κ2) is 8.41. The average molecular weight is 440 g/mol. The van der Waals surface area contributed by atoms with Gasteiger partial charge < -0.3 is 5.32 Å². The molecule has 2 heterocycles. The monoisotopic (exact) mass is 439 g/mol. The van der Waals surface area contributed by atoms with Crippen molar-refractivity contribution in [3.8, 4) is 10.4 Å². The Bertz CT molecular complexity index is 1280. The summed E-state index contributed by atoms with van der Waals surface area (Å²) in [6.07, 6.45) is 0. The number of anilines is 1. The summed E-state index contributed by atoms with van der Waals surface area (Å²) in [6, 6.07) is 17.4. The maximum absolute atomic E-state index is 13.3. The third-order valence-corrected chi connectivity index (χ3v) is 6.76. The molecule has 2 aromatic heterocycles. The van der Waals surface area contributed by atoms with Crippen LogP contribution in [0, 0.1) is 5.82 Å². The highest BCUT2D eigenvalue weighted by Gasteiger charge is 2.20. The molecule has 0 aliphatic carbocycles. The first kappa shape index (κ1) is 20.3. The summed E-state index contributed by atoms with van der Waals surface area (Å²) in [7, 11) is 1.65. The lowest BCUT2D eigenvalue weighted by Gasteiger charge is -2.13. The number of thiophene rings is 1. The van der Waals surface area contributed by atoms with Crippen LogP contribution in [0.5, 0.6) is 0 Å². The summed E-state index contributed by atoms with van der Waals surface area (Å²) in [5, 5.41) is 3.17. The fraction of sp³-hybridized carbons (Fsp3) is 0.136. The lowest BCUT2D eigenvalue weighted by atomic mass is 10.2. The second-order valence-corrected chi connectivity index (χ2v) is 9.05. The van der Waals surface area contributed by atoms with E-state index in [1.165, 1.54) is 45.9 Å². The van der Waals surface area contributed by atoms with Gasteiger partial charge in [0, 0.05) is 17.6 Å². The number of aromatic nitrogens is 2. The Morgan fingerprint density at radius 3 is 2.67 bits per heavy atom. The molecular formula is C22H18FN3O2S2. The Balaban J connectivity index is 1.60. The topological polar surface area (TPSA) is 64.0 Å². The molecule has 0 saturated carbocycles. The minimum atomic E-state index is -0.530. The van der Waals surface area contributed by atoms with E-state index >= 15 is 0 Å². The molecule has 0 spiro atoms. The highest BCUT2D eigenvalue weighted by molar-refractivity contribution is 8.00. The summed E-state index contributed by atoms with van der Waals surface area (Å²) in [4.78, 5) is 31.6. The number of carbonyl (C=O) groups is 1. The molecule has 152 valence electrons. The molecule has 0 bridgehead atoms. The number of rotatable bonds is 5. The molecule has 1 unspecified atom stereocenters. The Labute approximate surface area is 180 Å². The summed E-state index contributed by atoms with van der Waals surface area (Å²) < 4.78 is 14.8. The normalized spacial score (nSPS) is 12.1. The fourth-order valence-electron chi connectivity index (χ4n) is 2.92. The smallest absolute Gasteiger partial charge is 0.262 e. The van der Waals surface area contributed by atoms with Crippen molar-refractivity contribution >= 4 is 44.9 Å². The SMILES string of the molecule is CC(Sc1nc2sc(-c3ccccc3)cc2c(=O)n1C)C(=O)Nc1cccc(F)c1. The van der Waals surface area contributed by atoms with E-state index in [-0.39, 0.29) is 11.5 Å². The van der Waals surface area contributed by atoms with Crippen LogP contribution in [0.2, 0.25) is 0 Å². The summed E-state index contributed by atoms with van der Waals surface area (Å²) in [6.45, 7) is 1.72. The van der Waals surface area contributed by atoms with Crippen LogP contribution in [0.15, 0.2) is 70.6 Å². The van der Waals surface area contributed by atoms with Gasteiger partial charge in [0.25, 0.3) is 5.56 Å². The molecule has 1 amide bonds. The van der Waals surface area contributed by atoms with E-state index in [1.807, 2.05) is 36.4 Å². The number of hydrogen-bond donors (Lipinski definition) is 1. The first-order valence-electron chi connectivity index (χ1n) is 9.21. The number of benzene rings is 2. The van der Waals surface area contributed by atoms with Crippen LogP contribution in [0.3, 0.4) is 0 Å². The molecule has 0 radical (unpaired) electrons. The predicted molar refractivity (Wildman–Crippen MR) is 121 cm³/mol. The molecule has 0 aliphatic heterocycles. The van der Waals surface area contributed by atoms with Gasteiger partial charge in [-0.05, 0) is 36.8 Å². The lowest BCUT2D eigenvalue weighted by molar-refractivity contribution is -0.115. The van der Waals surface area contributed by atoms with E-state index in [2.05, 4.69) is 10.3 Å². The van der Waals surface area contributed by atoms with Gasteiger partial charge in [-0.2, -0.15) is 0 Å². The van der Waals surface area contributed by atoms with Gasteiger partial charge in [0.05, 0.1) is 10.6 Å². The highest BCUT2D eigenvalue weighted by atomic mass is 32.2. The van der Waals surface area contributed by atoms with Gasteiger partial charge in [0.2, 0.25) is 5.91 Å². The molecule has 0 fully saturated rings. The zero-order valence-corrected chi connectivity index (χ0v) is 17.9. The van der Waals surface area contributed by atoms with E-state index in [0.717, 1.165) is 10.4 Å². The predicted octanol–water partition coefficient (Wildman–Crippen LogP) is 4.92.